The maximum atomic E-state index is 9.32. The van der Waals surface area contributed by atoms with E-state index in [-0.39, 0.29) is 12.1 Å². The summed E-state index contributed by atoms with van der Waals surface area (Å²) in [6, 6.07) is 12.7. The van der Waals surface area contributed by atoms with Crippen LogP contribution in [-0.4, -0.2) is 24.9 Å². The molecule has 2 aromatic rings. The number of nitrogens with one attached hydrogen (secondary N) is 1. The molecule has 0 radical (unpaired) electrons. The van der Waals surface area contributed by atoms with Gasteiger partial charge in [0.2, 0.25) is 0 Å². The van der Waals surface area contributed by atoms with Gasteiger partial charge in [-0.1, -0.05) is 30.3 Å². The van der Waals surface area contributed by atoms with Crippen molar-refractivity contribution in [2.75, 3.05) is 13.7 Å². The van der Waals surface area contributed by atoms with E-state index in [1.165, 1.54) is 10.9 Å². The van der Waals surface area contributed by atoms with Gasteiger partial charge in [0, 0.05) is 11.4 Å². The number of aliphatic hydroxyl groups is 1. The summed E-state index contributed by atoms with van der Waals surface area (Å²) in [5.74, 6) is 0.903. The predicted octanol–water partition coefficient (Wildman–Crippen LogP) is 3.27. The summed E-state index contributed by atoms with van der Waals surface area (Å²) in [5, 5.41) is 15.1. The Kier molecular flexibility index (Phi) is 4.99. The number of ether oxygens (including phenoxy) is 1. The molecule has 20 heavy (non-hydrogen) atoms. The average molecular weight is 273 g/mol. The molecule has 2 rings (SSSR count). The van der Waals surface area contributed by atoms with E-state index in [1.807, 2.05) is 25.1 Å². The van der Waals surface area contributed by atoms with Crippen LogP contribution in [0.25, 0.3) is 10.8 Å². The first-order valence-corrected chi connectivity index (χ1v) is 7.10. The number of methoxy groups -OCH3 is 1. The lowest BCUT2D eigenvalue weighted by atomic mass is 9.99. The average Bonchev–Trinajstić information content (AvgIpc) is 2.45. The SMILES string of the molecule is COc1ccc(C(C)NCCC(C)O)c2ccccc12. The molecule has 2 unspecified atom stereocenters. The van der Waals surface area contributed by atoms with E-state index in [1.54, 1.807) is 7.11 Å². The second kappa shape index (κ2) is 6.73. The van der Waals surface area contributed by atoms with Gasteiger partial charge in [-0.15, -0.1) is 0 Å². The molecule has 0 aromatic heterocycles. The molecule has 108 valence electrons. The summed E-state index contributed by atoms with van der Waals surface area (Å²) in [6.45, 7) is 4.77. The Morgan fingerprint density at radius 3 is 2.45 bits per heavy atom. The van der Waals surface area contributed by atoms with Gasteiger partial charge in [-0.25, -0.2) is 0 Å². The van der Waals surface area contributed by atoms with E-state index < -0.39 is 0 Å². The molecular weight excluding hydrogens is 250 g/mol. The number of benzene rings is 2. The fraction of sp³-hybridized carbons (Fsp3) is 0.412. The van der Waals surface area contributed by atoms with E-state index in [0.717, 1.165) is 24.1 Å². The van der Waals surface area contributed by atoms with E-state index in [4.69, 9.17) is 4.74 Å². The molecule has 2 atom stereocenters. The minimum absolute atomic E-state index is 0.240. The quantitative estimate of drug-likeness (QED) is 0.848. The van der Waals surface area contributed by atoms with E-state index in [2.05, 4.69) is 30.4 Å². The molecule has 3 nitrogen and oxygen atoms in total. The van der Waals surface area contributed by atoms with Crippen molar-refractivity contribution in [3.05, 3.63) is 42.0 Å². The van der Waals surface area contributed by atoms with Gasteiger partial charge in [0.15, 0.2) is 0 Å². The zero-order chi connectivity index (χ0) is 14.5. The molecule has 0 fully saturated rings. The fourth-order valence-electron chi connectivity index (χ4n) is 2.47. The fourth-order valence-corrected chi connectivity index (χ4v) is 2.47. The molecule has 0 aliphatic carbocycles. The molecule has 0 aliphatic heterocycles. The number of aliphatic hydroxyl groups excluding tert-OH is 1. The van der Waals surface area contributed by atoms with E-state index in [0.29, 0.717) is 0 Å². The molecule has 2 N–H and O–H groups in total. The number of fused-ring (bicyclic) bond motifs is 1. The summed E-state index contributed by atoms with van der Waals surface area (Å²) in [6.07, 6.45) is 0.501. The van der Waals surface area contributed by atoms with E-state index in [9.17, 15) is 5.11 Å². The van der Waals surface area contributed by atoms with Crippen molar-refractivity contribution in [2.24, 2.45) is 0 Å². The van der Waals surface area contributed by atoms with Crippen molar-refractivity contribution in [3.8, 4) is 5.75 Å². The van der Waals surface area contributed by atoms with E-state index >= 15 is 0 Å². The summed E-state index contributed by atoms with van der Waals surface area (Å²) in [5.41, 5.74) is 1.26. The van der Waals surface area contributed by atoms with Crippen LogP contribution in [-0.2, 0) is 0 Å². The van der Waals surface area contributed by atoms with Crippen molar-refractivity contribution < 1.29 is 9.84 Å². The molecule has 0 spiro atoms. The topological polar surface area (TPSA) is 41.5 Å². The molecule has 0 saturated heterocycles. The third-order valence-corrected chi connectivity index (χ3v) is 3.62. The van der Waals surface area contributed by atoms with Crippen LogP contribution in [0, 0.1) is 0 Å². The van der Waals surface area contributed by atoms with Crippen LogP contribution in [0.3, 0.4) is 0 Å². The zero-order valence-corrected chi connectivity index (χ0v) is 12.4. The van der Waals surface area contributed by atoms with Gasteiger partial charge in [0.1, 0.15) is 5.75 Å². The molecule has 3 heteroatoms. The highest BCUT2D eigenvalue weighted by Crippen LogP contribution is 2.31. The van der Waals surface area contributed by atoms with Gasteiger partial charge in [-0.2, -0.15) is 0 Å². The normalized spacial score (nSPS) is 14.2. The maximum Gasteiger partial charge on any atom is 0.126 e. The Labute approximate surface area is 120 Å². The number of hydrogen-bond acceptors (Lipinski definition) is 3. The molecular formula is C17H23NO2. The van der Waals surface area contributed by atoms with Gasteiger partial charge in [0.05, 0.1) is 13.2 Å². The van der Waals surface area contributed by atoms with Crippen molar-refractivity contribution in [1.82, 2.24) is 5.32 Å². The van der Waals surface area contributed by atoms with Gasteiger partial charge in [-0.3, -0.25) is 0 Å². The Balaban J connectivity index is 2.26. The number of rotatable bonds is 6. The first-order valence-electron chi connectivity index (χ1n) is 7.10. The second-order valence-electron chi connectivity index (χ2n) is 5.22. The highest BCUT2D eigenvalue weighted by atomic mass is 16.5. The van der Waals surface area contributed by atoms with Gasteiger partial charge >= 0.3 is 0 Å². The van der Waals surface area contributed by atoms with Crippen LogP contribution in [0.1, 0.15) is 31.9 Å². The Morgan fingerprint density at radius 1 is 1.10 bits per heavy atom. The van der Waals surface area contributed by atoms with Crippen LogP contribution in [0.5, 0.6) is 5.75 Å². The van der Waals surface area contributed by atoms with Crippen molar-refractivity contribution in [2.45, 2.75) is 32.4 Å². The molecule has 0 aliphatic rings. The zero-order valence-electron chi connectivity index (χ0n) is 12.4. The smallest absolute Gasteiger partial charge is 0.126 e. The van der Waals surface area contributed by atoms with Crippen molar-refractivity contribution in [1.29, 1.82) is 0 Å². The molecule has 0 amide bonds. The van der Waals surface area contributed by atoms with Gasteiger partial charge in [0.25, 0.3) is 0 Å². The third kappa shape index (κ3) is 3.30. The minimum atomic E-state index is -0.262. The lowest BCUT2D eigenvalue weighted by Crippen LogP contribution is -2.22. The number of hydrogen-bond donors (Lipinski definition) is 2. The maximum absolute atomic E-state index is 9.32. The first-order chi connectivity index (χ1) is 9.63. The highest BCUT2D eigenvalue weighted by Gasteiger charge is 2.11. The summed E-state index contributed by atoms with van der Waals surface area (Å²) < 4.78 is 5.42. The lowest BCUT2D eigenvalue weighted by Gasteiger charge is -2.18. The van der Waals surface area contributed by atoms with Crippen LogP contribution < -0.4 is 10.1 Å². The largest absolute Gasteiger partial charge is 0.496 e. The highest BCUT2D eigenvalue weighted by molar-refractivity contribution is 5.91. The molecule has 2 aromatic carbocycles. The van der Waals surface area contributed by atoms with Crippen LogP contribution in [0.4, 0.5) is 0 Å². The molecule has 0 bridgehead atoms. The monoisotopic (exact) mass is 273 g/mol. The summed E-state index contributed by atoms with van der Waals surface area (Å²) in [7, 11) is 1.70. The Bertz CT molecular complexity index is 566. The van der Waals surface area contributed by atoms with Crippen molar-refractivity contribution in [3.63, 3.8) is 0 Å². The standard InChI is InChI=1S/C17H23NO2/c1-12(19)10-11-18-13(2)14-8-9-17(20-3)16-7-5-4-6-15(14)16/h4-9,12-13,18-19H,10-11H2,1-3H3. The molecule has 0 saturated carbocycles. The minimum Gasteiger partial charge on any atom is -0.496 e. The van der Waals surface area contributed by atoms with Gasteiger partial charge in [-0.05, 0) is 43.8 Å². The second-order valence-corrected chi connectivity index (χ2v) is 5.22. The summed E-state index contributed by atoms with van der Waals surface area (Å²) in [4.78, 5) is 0. The van der Waals surface area contributed by atoms with Gasteiger partial charge < -0.3 is 15.2 Å². The predicted molar refractivity (Wildman–Crippen MR) is 83.2 cm³/mol. The van der Waals surface area contributed by atoms with Crippen LogP contribution in [0.2, 0.25) is 0 Å². The third-order valence-electron chi connectivity index (χ3n) is 3.62. The Morgan fingerprint density at radius 2 is 1.80 bits per heavy atom. The molecule has 0 heterocycles. The van der Waals surface area contributed by atoms with Crippen molar-refractivity contribution >= 4 is 10.8 Å². The lowest BCUT2D eigenvalue weighted by molar-refractivity contribution is 0.182. The summed E-state index contributed by atoms with van der Waals surface area (Å²) >= 11 is 0. The van der Waals surface area contributed by atoms with Crippen LogP contribution in [0.15, 0.2) is 36.4 Å². The Hall–Kier alpha value is -1.58. The van der Waals surface area contributed by atoms with Crippen LogP contribution >= 0.6 is 0 Å². The first kappa shape index (κ1) is 14.8.